The third-order valence-corrected chi connectivity index (χ3v) is 3.59. The van der Waals surface area contributed by atoms with Gasteiger partial charge in [0.25, 0.3) is 0 Å². The summed E-state index contributed by atoms with van der Waals surface area (Å²) in [4.78, 5) is 0. The van der Waals surface area contributed by atoms with E-state index in [1.165, 1.54) is 0 Å². The highest BCUT2D eigenvalue weighted by Crippen LogP contribution is 2.26. The smallest absolute Gasteiger partial charge is 0.120 e. The first kappa shape index (κ1) is 14.0. The summed E-state index contributed by atoms with van der Waals surface area (Å²) in [5.74, 6) is 2.09. The topological polar surface area (TPSA) is 9.23 Å². The first-order valence-corrected chi connectivity index (χ1v) is 6.75. The molecule has 4 heteroatoms. The minimum absolute atomic E-state index is 0.489. The average molecular weight is 279 g/mol. The fraction of sp³-hybridized carbons (Fsp3) is 0.500. The van der Waals surface area contributed by atoms with Gasteiger partial charge in [-0.2, -0.15) is 12.6 Å². The predicted octanol–water partition coefficient (Wildman–Crippen LogP) is 4.72. The first-order valence-electron chi connectivity index (χ1n) is 5.36. The van der Waals surface area contributed by atoms with Gasteiger partial charge in [-0.05, 0) is 24.3 Å². The maximum atomic E-state index is 5.90. The van der Waals surface area contributed by atoms with E-state index < -0.39 is 0 Å². The molecule has 1 unspecified atom stereocenters. The quantitative estimate of drug-likeness (QED) is 0.741. The molecule has 0 saturated heterocycles. The van der Waals surface area contributed by atoms with Crippen LogP contribution >= 0.6 is 35.8 Å². The van der Waals surface area contributed by atoms with Crippen molar-refractivity contribution >= 4 is 35.8 Å². The van der Waals surface area contributed by atoms with Crippen molar-refractivity contribution in [2.24, 2.45) is 5.92 Å². The van der Waals surface area contributed by atoms with Crippen LogP contribution in [0.25, 0.3) is 0 Å². The van der Waals surface area contributed by atoms with Crippen LogP contribution in [0.5, 0.6) is 5.75 Å². The van der Waals surface area contributed by atoms with Crippen LogP contribution < -0.4 is 4.74 Å². The number of rotatable bonds is 6. The second-order valence-corrected chi connectivity index (χ2v) is 4.90. The van der Waals surface area contributed by atoms with Crippen molar-refractivity contribution in [2.75, 3.05) is 12.4 Å². The van der Waals surface area contributed by atoms with Crippen molar-refractivity contribution in [1.82, 2.24) is 0 Å². The van der Waals surface area contributed by atoms with Gasteiger partial charge in [0.15, 0.2) is 0 Å². The Morgan fingerprint density at radius 3 is 2.62 bits per heavy atom. The zero-order valence-electron chi connectivity index (χ0n) is 9.25. The summed E-state index contributed by atoms with van der Waals surface area (Å²) in [5.41, 5.74) is 0. The summed E-state index contributed by atoms with van der Waals surface area (Å²) in [5, 5.41) is 1.07. The summed E-state index contributed by atoms with van der Waals surface area (Å²) in [6.45, 7) is 2.84. The van der Waals surface area contributed by atoms with Crippen LogP contribution in [0.2, 0.25) is 10.0 Å². The van der Waals surface area contributed by atoms with Crippen molar-refractivity contribution in [3.05, 3.63) is 28.2 Å². The Morgan fingerprint density at radius 2 is 2.06 bits per heavy atom. The zero-order valence-corrected chi connectivity index (χ0v) is 11.7. The molecule has 0 aliphatic heterocycles. The number of ether oxygens (including phenoxy) is 1. The molecule has 0 aliphatic rings. The van der Waals surface area contributed by atoms with Crippen molar-refractivity contribution in [3.63, 3.8) is 0 Å². The summed E-state index contributed by atoms with van der Waals surface area (Å²) in [7, 11) is 0. The fourth-order valence-electron chi connectivity index (χ4n) is 1.42. The molecule has 90 valence electrons. The maximum absolute atomic E-state index is 5.90. The largest absolute Gasteiger partial charge is 0.493 e. The summed E-state index contributed by atoms with van der Waals surface area (Å²) < 4.78 is 5.66. The van der Waals surface area contributed by atoms with Crippen LogP contribution in [0.15, 0.2) is 18.2 Å². The van der Waals surface area contributed by atoms with Gasteiger partial charge in [-0.1, -0.05) is 36.5 Å². The van der Waals surface area contributed by atoms with Gasteiger partial charge in [0.1, 0.15) is 5.75 Å². The molecule has 0 saturated carbocycles. The fourth-order valence-corrected chi connectivity index (χ4v) is 1.99. The van der Waals surface area contributed by atoms with Crippen LogP contribution in [0.3, 0.4) is 0 Å². The van der Waals surface area contributed by atoms with E-state index in [1.807, 2.05) is 6.07 Å². The summed E-state index contributed by atoms with van der Waals surface area (Å²) in [6.07, 6.45) is 2.28. The van der Waals surface area contributed by atoms with Crippen molar-refractivity contribution in [2.45, 2.75) is 19.8 Å². The van der Waals surface area contributed by atoms with Gasteiger partial charge in [-0.15, -0.1) is 0 Å². The molecule has 0 spiro atoms. The molecule has 1 aromatic rings. The highest BCUT2D eigenvalue weighted by atomic mass is 35.5. The van der Waals surface area contributed by atoms with Gasteiger partial charge >= 0.3 is 0 Å². The molecule has 0 amide bonds. The van der Waals surface area contributed by atoms with E-state index in [0.717, 1.165) is 24.3 Å². The Labute approximate surface area is 112 Å². The number of hydrogen-bond donors (Lipinski definition) is 1. The van der Waals surface area contributed by atoms with Crippen molar-refractivity contribution in [3.8, 4) is 5.75 Å². The maximum Gasteiger partial charge on any atom is 0.120 e. The van der Waals surface area contributed by atoms with Crippen LogP contribution in [0, 0.1) is 5.92 Å². The minimum atomic E-state index is 0.489. The van der Waals surface area contributed by atoms with E-state index in [4.69, 9.17) is 27.9 Å². The lowest BCUT2D eigenvalue weighted by Crippen LogP contribution is -2.13. The van der Waals surface area contributed by atoms with Crippen molar-refractivity contribution < 1.29 is 4.74 Å². The summed E-state index contributed by atoms with van der Waals surface area (Å²) >= 11 is 16.0. The lowest BCUT2D eigenvalue weighted by atomic mass is 10.1. The normalized spacial score (nSPS) is 12.5. The SMILES string of the molecule is CCCC(CS)COc1ccc(Cl)c(Cl)c1. The number of hydrogen-bond acceptors (Lipinski definition) is 2. The molecule has 1 rings (SSSR count). The second kappa shape index (κ2) is 7.31. The van der Waals surface area contributed by atoms with E-state index in [9.17, 15) is 0 Å². The number of benzene rings is 1. The third-order valence-electron chi connectivity index (χ3n) is 2.33. The third kappa shape index (κ3) is 4.44. The standard InChI is InChI=1S/C12H16Cl2OS/c1-2-3-9(8-16)7-15-10-4-5-11(13)12(14)6-10/h4-6,9,16H,2-3,7-8H2,1H3. The zero-order chi connectivity index (χ0) is 12.0. The predicted molar refractivity (Wildman–Crippen MR) is 74.2 cm³/mol. The molecule has 0 bridgehead atoms. The molecule has 0 aliphatic carbocycles. The van der Waals surface area contributed by atoms with Crippen LogP contribution in [0.1, 0.15) is 19.8 Å². The van der Waals surface area contributed by atoms with E-state index in [1.54, 1.807) is 12.1 Å². The summed E-state index contributed by atoms with van der Waals surface area (Å²) in [6, 6.07) is 5.32. The van der Waals surface area contributed by atoms with E-state index >= 15 is 0 Å². The Kier molecular flexibility index (Phi) is 6.40. The second-order valence-electron chi connectivity index (χ2n) is 3.72. The molecular formula is C12H16Cl2OS. The lowest BCUT2D eigenvalue weighted by Gasteiger charge is -2.14. The number of thiol groups is 1. The molecule has 0 aromatic heterocycles. The van der Waals surface area contributed by atoms with Crippen LogP contribution in [-0.4, -0.2) is 12.4 Å². The molecule has 1 nitrogen and oxygen atoms in total. The van der Waals surface area contributed by atoms with E-state index in [-0.39, 0.29) is 0 Å². The molecule has 0 heterocycles. The Balaban J connectivity index is 2.50. The van der Waals surface area contributed by atoms with Gasteiger partial charge in [0.05, 0.1) is 16.7 Å². The first-order chi connectivity index (χ1) is 7.67. The molecule has 1 aromatic carbocycles. The number of halogens is 2. The Morgan fingerprint density at radius 1 is 1.31 bits per heavy atom. The highest BCUT2D eigenvalue weighted by molar-refractivity contribution is 7.80. The van der Waals surface area contributed by atoms with Crippen LogP contribution in [0.4, 0.5) is 0 Å². The molecule has 0 N–H and O–H groups in total. The van der Waals surface area contributed by atoms with Gasteiger partial charge in [-0.3, -0.25) is 0 Å². The van der Waals surface area contributed by atoms with Gasteiger partial charge in [0, 0.05) is 12.0 Å². The van der Waals surface area contributed by atoms with Gasteiger partial charge < -0.3 is 4.74 Å². The molecule has 0 fully saturated rings. The van der Waals surface area contributed by atoms with Gasteiger partial charge in [-0.25, -0.2) is 0 Å². The Bertz CT molecular complexity index is 331. The molecular weight excluding hydrogens is 263 g/mol. The minimum Gasteiger partial charge on any atom is -0.493 e. The average Bonchev–Trinajstić information content (AvgIpc) is 2.28. The highest BCUT2D eigenvalue weighted by Gasteiger charge is 2.07. The molecule has 1 atom stereocenters. The monoisotopic (exact) mass is 278 g/mol. The molecule has 16 heavy (non-hydrogen) atoms. The van der Waals surface area contributed by atoms with Gasteiger partial charge in [0.2, 0.25) is 0 Å². The molecule has 0 radical (unpaired) electrons. The van der Waals surface area contributed by atoms with Crippen molar-refractivity contribution in [1.29, 1.82) is 0 Å². The van der Waals surface area contributed by atoms with E-state index in [0.29, 0.717) is 22.6 Å². The van der Waals surface area contributed by atoms with Crippen LogP contribution in [-0.2, 0) is 0 Å². The Hall–Kier alpha value is -0.0500. The van der Waals surface area contributed by atoms with E-state index in [2.05, 4.69) is 19.6 Å². The lowest BCUT2D eigenvalue weighted by molar-refractivity contribution is 0.254.